The summed E-state index contributed by atoms with van der Waals surface area (Å²) >= 11 is 0. The molecular weight excluding hydrogens is 332 g/mol. The number of hydrogen-bond donors (Lipinski definition) is 1. The van der Waals surface area contributed by atoms with E-state index in [0.29, 0.717) is 24.5 Å². The van der Waals surface area contributed by atoms with E-state index < -0.39 is 0 Å². The van der Waals surface area contributed by atoms with E-state index in [1.807, 2.05) is 42.5 Å². The first-order chi connectivity index (χ1) is 12.8. The number of nitrogens with one attached hydrogen (secondary N) is 1. The zero-order valence-corrected chi connectivity index (χ0v) is 14.7. The summed E-state index contributed by atoms with van der Waals surface area (Å²) in [4.78, 5) is 8.02. The zero-order valence-electron chi connectivity index (χ0n) is 14.7. The lowest BCUT2D eigenvalue weighted by atomic mass is 10.1. The van der Waals surface area contributed by atoms with Gasteiger partial charge in [0.15, 0.2) is 17.8 Å². The average Bonchev–Trinajstić information content (AvgIpc) is 3.13. The minimum atomic E-state index is -0.201. The number of para-hydroxylation sites is 3. The van der Waals surface area contributed by atoms with Crippen molar-refractivity contribution in [3.63, 3.8) is 0 Å². The van der Waals surface area contributed by atoms with E-state index in [-0.39, 0.29) is 6.29 Å². The molecule has 4 rings (SSSR count). The lowest BCUT2D eigenvalue weighted by Gasteiger charge is -2.23. The lowest BCUT2D eigenvalue weighted by Crippen LogP contribution is -2.26. The maximum atomic E-state index is 6.07. The second kappa shape index (κ2) is 7.76. The molecule has 2 aromatic carbocycles. The van der Waals surface area contributed by atoms with Gasteiger partial charge < -0.3 is 23.9 Å². The molecule has 1 saturated heterocycles. The molecule has 1 N–H and O–H groups in total. The number of fused-ring (bicyclic) bond motifs is 1. The predicted octanol–water partition coefficient (Wildman–Crippen LogP) is 3.77. The predicted molar refractivity (Wildman–Crippen MR) is 98.5 cm³/mol. The number of imidazole rings is 1. The average molecular weight is 354 g/mol. The van der Waals surface area contributed by atoms with E-state index in [4.69, 9.17) is 18.9 Å². The number of H-pyrrole nitrogens is 1. The minimum absolute atomic E-state index is 0.201. The summed E-state index contributed by atoms with van der Waals surface area (Å²) < 4.78 is 22.7. The summed E-state index contributed by atoms with van der Waals surface area (Å²) in [6.07, 6.45) is 1.41. The zero-order chi connectivity index (χ0) is 17.8. The first kappa shape index (κ1) is 16.9. The van der Waals surface area contributed by atoms with Gasteiger partial charge in [0, 0.05) is 6.42 Å². The molecule has 0 radical (unpaired) electrons. The number of methoxy groups -OCH3 is 1. The number of ether oxygens (including phenoxy) is 4. The van der Waals surface area contributed by atoms with Gasteiger partial charge in [-0.15, -0.1) is 0 Å². The normalized spacial score (nSPS) is 15.3. The summed E-state index contributed by atoms with van der Waals surface area (Å²) in [6, 6.07) is 13.7. The molecule has 2 heterocycles. The van der Waals surface area contributed by atoms with Crippen LogP contribution in [0.15, 0.2) is 42.5 Å². The van der Waals surface area contributed by atoms with Crippen LogP contribution in [0.2, 0.25) is 0 Å². The third-order valence-electron chi connectivity index (χ3n) is 4.34. The van der Waals surface area contributed by atoms with Gasteiger partial charge in [-0.3, -0.25) is 0 Å². The Hall–Kier alpha value is -2.57. The fourth-order valence-electron chi connectivity index (χ4n) is 3.05. The van der Waals surface area contributed by atoms with Gasteiger partial charge in [0.2, 0.25) is 0 Å². The Morgan fingerprint density at radius 3 is 2.77 bits per heavy atom. The molecule has 136 valence electrons. The summed E-state index contributed by atoms with van der Waals surface area (Å²) in [7, 11) is 1.64. The van der Waals surface area contributed by atoms with Crippen molar-refractivity contribution in [2.24, 2.45) is 0 Å². The number of hydrogen-bond acceptors (Lipinski definition) is 5. The van der Waals surface area contributed by atoms with Crippen LogP contribution in [0.3, 0.4) is 0 Å². The van der Waals surface area contributed by atoms with Crippen molar-refractivity contribution < 1.29 is 18.9 Å². The number of rotatable bonds is 6. The fourth-order valence-corrected chi connectivity index (χ4v) is 3.05. The van der Waals surface area contributed by atoms with Gasteiger partial charge in [-0.1, -0.05) is 18.2 Å². The molecule has 6 nitrogen and oxygen atoms in total. The Kier molecular flexibility index (Phi) is 5.04. The van der Waals surface area contributed by atoms with Crippen LogP contribution >= 0.6 is 0 Å². The lowest BCUT2D eigenvalue weighted by molar-refractivity contribution is -0.183. The van der Waals surface area contributed by atoms with Gasteiger partial charge in [-0.2, -0.15) is 0 Å². The van der Waals surface area contributed by atoms with E-state index in [9.17, 15) is 0 Å². The van der Waals surface area contributed by atoms with Gasteiger partial charge in [0.25, 0.3) is 0 Å². The van der Waals surface area contributed by atoms with Crippen LogP contribution in [0.1, 0.15) is 12.8 Å². The Bertz CT molecular complexity index is 838. The smallest absolute Gasteiger partial charge is 0.172 e. The van der Waals surface area contributed by atoms with E-state index in [1.54, 1.807) is 7.11 Å². The summed E-state index contributed by atoms with van der Waals surface area (Å²) in [5.41, 5.74) is 2.77. The molecule has 26 heavy (non-hydrogen) atoms. The van der Waals surface area contributed by atoms with E-state index in [2.05, 4.69) is 9.97 Å². The first-order valence-corrected chi connectivity index (χ1v) is 8.83. The van der Waals surface area contributed by atoms with Gasteiger partial charge in [-0.25, -0.2) is 4.98 Å². The maximum absolute atomic E-state index is 6.07. The van der Waals surface area contributed by atoms with Gasteiger partial charge in [0.05, 0.1) is 43.5 Å². The third kappa shape index (κ3) is 3.52. The van der Waals surface area contributed by atoms with Crippen molar-refractivity contribution in [3.8, 4) is 22.9 Å². The second-order valence-electron chi connectivity index (χ2n) is 6.10. The van der Waals surface area contributed by atoms with Gasteiger partial charge in [-0.05, 0) is 30.7 Å². The molecule has 0 atom stereocenters. The van der Waals surface area contributed by atoms with Gasteiger partial charge >= 0.3 is 0 Å². The molecule has 1 aliphatic rings. The minimum Gasteiger partial charge on any atom is -0.493 e. The standard InChI is InChI=1S/C20H22N2O4/c1-23-17-9-4-6-14(20-21-15-7-2-3-8-16(15)22-20)19(17)26-13-10-18-24-11-5-12-25-18/h2-4,6-9,18H,5,10-13H2,1H3,(H,21,22). The highest BCUT2D eigenvalue weighted by atomic mass is 16.7. The Labute approximate surface area is 152 Å². The van der Waals surface area contributed by atoms with Crippen LogP contribution in [-0.2, 0) is 9.47 Å². The Morgan fingerprint density at radius 2 is 1.96 bits per heavy atom. The molecule has 0 amide bonds. The monoisotopic (exact) mass is 354 g/mol. The van der Waals surface area contributed by atoms with Crippen LogP contribution in [-0.4, -0.2) is 43.2 Å². The number of aromatic amines is 1. The summed E-state index contributed by atoms with van der Waals surface area (Å²) in [5, 5.41) is 0. The highest BCUT2D eigenvalue weighted by Crippen LogP contribution is 2.37. The van der Waals surface area contributed by atoms with Crippen molar-refractivity contribution in [2.75, 3.05) is 26.9 Å². The van der Waals surface area contributed by atoms with Crippen LogP contribution < -0.4 is 9.47 Å². The van der Waals surface area contributed by atoms with Crippen molar-refractivity contribution in [1.82, 2.24) is 9.97 Å². The Morgan fingerprint density at radius 1 is 1.12 bits per heavy atom. The molecule has 0 unspecified atom stereocenters. The van der Waals surface area contributed by atoms with Crippen molar-refractivity contribution in [2.45, 2.75) is 19.1 Å². The van der Waals surface area contributed by atoms with Crippen LogP contribution in [0, 0.1) is 0 Å². The number of aromatic nitrogens is 2. The molecular formula is C20H22N2O4. The molecule has 1 aromatic heterocycles. The quantitative estimate of drug-likeness (QED) is 0.730. The maximum Gasteiger partial charge on any atom is 0.172 e. The van der Waals surface area contributed by atoms with Crippen molar-refractivity contribution in [3.05, 3.63) is 42.5 Å². The van der Waals surface area contributed by atoms with E-state index >= 15 is 0 Å². The molecule has 0 spiro atoms. The molecule has 0 saturated carbocycles. The van der Waals surface area contributed by atoms with Crippen LogP contribution in [0.4, 0.5) is 0 Å². The highest BCUT2D eigenvalue weighted by molar-refractivity contribution is 5.81. The molecule has 1 aliphatic heterocycles. The highest BCUT2D eigenvalue weighted by Gasteiger charge is 2.18. The number of nitrogens with zero attached hydrogens (tertiary/aromatic N) is 1. The van der Waals surface area contributed by atoms with Gasteiger partial charge in [0.1, 0.15) is 5.82 Å². The van der Waals surface area contributed by atoms with Crippen molar-refractivity contribution in [1.29, 1.82) is 0 Å². The van der Waals surface area contributed by atoms with E-state index in [1.165, 1.54) is 0 Å². The Balaban J connectivity index is 1.58. The largest absolute Gasteiger partial charge is 0.493 e. The first-order valence-electron chi connectivity index (χ1n) is 8.83. The molecule has 0 bridgehead atoms. The molecule has 3 aromatic rings. The second-order valence-corrected chi connectivity index (χ2v) is 6.10. The van der Waals surface area contributed by atoms with E-state index in [0.717, 1.165) is 42.1 Å². The summed E-state index contributed by atoms with van der Waals surface area (Å²) in [5.74, 6) is 2.10. The molecule has 1 fully saturated rings. The van der Waals surface area contributed by atoms with Crippen molar-refractivity contribution >= 4 is 11.0 Å². The third-order valence-corrected chi connectivity index (χ3v) is 4.34. The SMILES string of the molecule is COc1cccc(-c2nc3ccccc3[nH]2)c1OCCC1OCCCO1. The summed E-state index contributed by atoms with van der Waals surface area (Å²) in [6.45, 7) is 1.95. The molecule has 0 aliphatic carbocycles. The number of benzene rings is 2. The molecule has 6 heteroatoms. The fraction of sp³-hybridized carbons (Fsp3) is 0.350. The van der Waals surface area contributed by atoms with Crippen LogP contribution in [0.25, 0.3) is 22.4 Å². The topological polar surface area (TPSA) is 65.6 Å². The van der Waals surface area contributed by atoms with Crippen LogP contribution in [0.5, 0.6) is 11.5 Å².